The van der Waals surface area contributed by atoms with Crippen LogP contribution in [0.4, 0.5) is 4.79 Å². The SMILES string of the molecule is CC(C)(C)OC(=O)N1CC=C[C@@H](CO)O1. The van der Waals surface area contributed by atoms with Gasteiger partial charge in [-0.2, -0.15) is 5.06 Å². The van der Waals surface area contributed by atoms with Crippen LogP contribution in [0.1, 0.15) is 20.8 Å². The van der Waals surface area contributed by atoms with Crippen LogP contribution in [0, 0.1) is 0 Å². The first-order valence-corrected chi connectivity index (χ1v) is 4.87. The van der Waals surface area contributed by atoms with Gasteiger partial charge in [0.25, 0.3) is 0 Å². The van der Waals surface area contributed by atoms with Crippen molar-refractivity contribution in [1.82, 2.24) is 5.06 Å². The number of amides is 1. The van der Waals surface area contributed by atoms with E-state index in [9.17, 15) is 4.79 Å². The van der Waals surface area contributed by atoms with Gasteiger partial charge in [0.05, 0.1) is 13.2 Å². The number of aliphatic hydroxyl groups excluding tert-OH is 1. The lowest BCUT2D eigenvalue weighted by Crippen LogP contribution is -2.41. The van der Waals surface area contributed by atoms with Crippen molar-refractivity contribution in [2.75, 3.05) is 13.2 Å². The molecule has 1 N–H and O–H groups in total. The molecule has 1 rings (SSSR count). The molecular weight excluding hydrogens is 198 g/mol. The zero-order valence-corrected chi connectivity index (χ0v) is 9.27. The summed E-state index contributed by atoms with van der Waals surface area (Å²) in [6, 6.07) is 0. The Labute approximate surface area is 89.2 Å². The van der Waals surface area contributed by atoms with E-state index in [0.29, 0.717) is 6.54 Å². The van der Waals surface area contributed by atoms with Gasteiger partial charge in [-0.3, -0.25) is 4.84 Å². The van der Waals surface area contributed by atoms with Gasteiger partial charge in [-0.1, -0.05) is 12.2 Å². The largest absolute Gasteiger partial charge is 0.442 e. The first-order chi connectivity index (χ1) is 6.92. The van der Waals surface area contributed by atoms with Crippen LogP contribution in [-0.2, 0) is 9.57 Å². The van der Waals surface area contributed by atoms with Gasteiger partial charge in [0.1, 0.15) is 11.7 Å². The molecule has 0 bridgehead atoms. The van der Waals surface area contributed by atoms with Crippen LogP contribution in [0.25, 0.3) is 0 Å². The number of rotatable bonds is 1. The Bertz CT molecular complexity index is 257. The summed E-state index contributed by atoms with van der Waals surface area (Å²) in [5.41, 5.74) is -0.545. The van der Waals surface area contributed by atoms with Gasteiger partial charge < -0.3 is 9.84 Å². The fraction of sp³-hybridized carbons (Fsp3) is 0.700. The summed E-state index contributed by atoms with van der Waals surface area (Å²) in [6.07, 6.45) is 2.46. The van der Waals surface area contributed by atoms with Crippen LogP contribution in [0.15, 0.2) is 12.2 Å². The van der Waals surface area contributed by atoms with Gasteiger partial charge in [0.15, 0.2) is 0 Å². The van der Waals surface area contributed by atoms with E-state index in [1.54, 1.807) is 32.9 Å². The Morgan fingerprint density at radius 1 is 1.67 bits per heavy atom. The fourth-order valence-corrected chi connectivity index (χ4v) is 1.07. The number of nitrogens with zero attached hydrogens (tertiary/aromatic N) is 1. The van der Waals surface area contributed by atoms with Gasteiger partial charge in [-0.15, -0.1) is 0 Å². The van der Waals surface area contributed by atoms with Crippen molar-refractivity contribution in [3.63, 3.8) is 0 Å². The van der Waals surface area contributed by atoms with Crippen LogP contribution >= 0.6 is 0 Å². The second kappa shape index (κ2) is 4.63. The lowest BCUT2D eigenvalue weighted by atomic mass is 10.2. The molecule has 1 amide bonds. The molecule has 86 valence electrons. The molecule has 1 aliphatic heterocycles. The van der Waals surface area contributed by atoms with Gasteiger partial charge in [0, 0.05) is 0 Å². The van der Waals surface area contributed by atoms with E-state index in [1.807, 2.05) is 0 Å². The Morgan fingerprint density at radius 2 is 2.33 bits per heavy atom. The van der Waals surface area contributed by atoms with E-state index >= 15 is 0 Å². The van der Waals surface area contributed by atoms with Gasteiger partial charge in [-0.25, -0.2) is 4.79 Å². The number of carbonyl (C=O) groups excluding carboxylic acids is 1. The third-order valence-corrected chi connectivity index (χ3v) is 1.66. The molecule has 1 atom stereocenters. The number of aliphatic hydroxyl groups is 1. The highest BCUT2D eigenvalue weighted by molar-refractivity contribution is 5.67. The normalized spacial score (nSPS) is 21.6. The number of carbonyl (C=O) groups is 1. The highest BCUT2D eigenvalue weighted by Crippen LogP contribution is 2.13. The smallest absolute Gasteiger partial charge is 0.434 e. The van der Waals surface area contributed by atoms with Crippen molar-refractivity contribution in [2.45, 2.75) is 32.5 Å². The minimum atomic E-state index is -0.545. The minimum absolute atomic E-state index is 0.157. The van der Waals surface area contributed by atoms with E-state index in [1.165, 1.54) is 0 Å². The fourth-order valence-electron chi connectivity index (χ4n) is 1.07. The molecule has 5 heteroatoms. The Kier molecular flexibility index (Phi) is 3.71. The van der Waals surface area contributed by atoms with Gasteiger partial charge in [0.2, 0.25) is 0 Å². The molecule has 0 fully saturated rings. The number of ether oxygens (including phenoxy) is 1. The van der Waals surface area contributed by atoms with Gasteiger partial charge >= 0.3 is 6.09 Å². The van der Waals surface area contributed by atoms with Gasteiger partial charge in [-0.05, 0) is 20.8 Å². The third-order valence-electron chi connectivity index (χ3n) is 1.66. The first-order valence-electron chi connectivity index (χ1n) is 4.87. The Morgan fingerprint density at radius 3 is 2.87 bits per heavy atom. The van der Waals surface area contributed by atoms with Crippen molar-refractivity contribution >= 4 is 6.09 Å². The molecule has 0 aromatic heterocycles. The summed E-state index contributed by atoms with van der Waals surface area (Å²) in [5.74, 6) is 0. The molecule has 0 saturated carbocycles. The van der Waals surface area contributed by atoms with E-state index < -0.39 is 17.8 Å². The summed E-state index contributed by atoms with van der Waals surface area (Å²) in [7, 11) is 0. The molecule has 5 nitrogen and oxygen atoms in total. The zero-order chi connectivity index (χ0) is 11.5. The second-order valence-electron chi connectivity index (χ2n) is 4.30. The van der Waals surface area contributed by atoms with Crippen molar-refractivity contribution in [2.24, 2.45) is 0 Å². The number of hydrogen-bond donors (Lipinski definition) is 1. The zero-order valence-electron chi connectivity index (χ0n) is 9.27. The van der Waals surface area contributed by atoms with Crippen molar-refractivity contribution in [3.8, 4) is 0 Å². The van der Waals surface area contributed by atoms with Crippen LogP contribution in [0.3, 0.4) is 0 Å². The molecule has 15 heavy (non-hydrogen) atoms. The molecular formula is C10H17NO4. The summed E-state index contributed by atoms with van der Waals surface area (Å²) < 4.78 is 5.12. The Balaban J connectivity index is 2.51. The third kappa shape index (κ3) is 3.89. The molecule has 0 aromatic carbocycles. The maximum atomic E-state index is 11.5. The highest BCUT2D eigenvalue weighted by Gasteiger charge is 2.25. The maximum absolute atomic E-state index is 11.5. The van der Waals surface area contributed by atoms with E-state index in [4.69, 9.17) is 14.7 Å². The Hall–Kier alpha value is -1.07. The van der Waals surface area contributed by atoms with Crippen molar-refractivity contribution in [3.05, 3.63) is 12.2 Å². The maximum Gasteiger partial charge on any atom is 0.434 e. The van der Waals surface area contributed by atoms with E-state index in [2.05, 4.69) is 0 Å². The summed E-state index contributed by atoms with van der Waals surface area (Å²) in [6.45, 7) is 5.54. The quantitative estimate of drug-likeness (QED) is 0.665. The molecule has 0 aromatic rings. The average molecular weight is 215 g/mol. The summed E-state index contributed by atoms with van der Waals surface area (Å²) in [5, 5.41) is 9.97. The number of hydroxylamine groups is 2. The summed E-state index contributed by atoms with van der Waals surface area (Å²) in [4.78, 5) is 16.7. The lowest BCUT2D eigenvalue weighted by molar-refractivity contribution is -0.177. The highest BCUT2D eigenvalue weighted by atomic mass is 16.7. The predicted molar refractivity (Wildman–Crippen MR) is 54.0 cm³/mol. The molecule has 0 spiro atoms. The molecule has 1 aliphatic rings. The average Bonchev–Trinajstić information content (AvgIpc) is 2.15. The number of hydrogen-bond acceptors (Lipinski definition) is 4. The van der Waals surface area contributed by atoms with E-state index in [-0.39, 0.29) is 6.61 Å². The van der Waals surface area contributed by atoms with E-state index in [0.717, 1.165) is 5.06 Å². The van der Waals surface area contributed by atoms with Crippen LogP contribution in [0.2, 0.25) is 0 Å². The first kappa shape index (κ1) is 12.0. The minimum Gasteiger partial charge on any atom is -0.442 e. The van der Waals surface area contributed by atoms with Crippen LogP contribution < -0.4 is 0 Å². The second-order valence-corrected chi connectivity index (χ2v) is 4.30. The van der Waals surface area contributed by atoms with Crippen molar-refractivity contribution in [1.29, 1.82) is 0 Å². The standard InChI is InChI=1S/C10H17NO4/c1-10(2,3)14-9(13)11-6-4-5-8(7-12)15-11/h4-5,8,12H,6-7H2,1-3H3/t8-/m0/s1. The summed E-state index contributed by atoms with van der Waals surface area (Å²) >= 11 is 0. The van der Waals surface area contributed by atoms with Crippen LogP contribution in [-0.4, -0.2) is 41.1 Å². The lowest BCUT2D eigenvalue weighted by Gasteiger charge is -2.29. The van der Waals surface area contributed by atoms with Crippen LogP contribution in [0.5, 0.6) is 0 Å². The molecule has 0 unspecified atom stereocenters. The molecule has 0 saturated heterocycles. The predicted octanol–water partition coefficient (Wildman–Crippen LogP) is 1.09. The monoisotopic (exact) mass is 215 g/mol. The topological polar surface area (TPSA) is 59.0 Å². The molecule has 0 radical (unpaired) electrons. The molecule has 1 heterocycles. The van der Waals surface area contributed by atoms with Crippen molar-refractivity contribution < 1.29 is 19.5 Å². The molecule has 0 aliphatic carbocycles.